The highest BCUT2D eigenvalue weighted by Gasteiger charge is 2.13. The average Bonchev–Trinajstić information content (AvgIpc) is 2.74. The van der Waals surface area contributed by atoms with Crippen molar-refractivity contribution < 1.29 is 9.53 Å². The fourth-order valence-electron chi connectivity index (χ4n) is 2.49. The average molecular weight is 412 g/mol. The molecular formula is C21H21N3O2S2. The molecule has 0 spiro atoms. The van der Waals surface area contributed by atoms with Gasteiger partial charge < -0.3 is 10.1 Å². The molecule has 0 fully saturated rings. The van der Waals surface area contributed by atoms with E-state index in [9.17, 15) is 4.79 Å². The summed E-state index contributed by atoms with van der Waals surface area (Å²) in [4.78, 5) is 22.3. The highest BCUT2D eigenvalue weighted by Crippen LogP contribution is 2.32. The molecule has 1 aromatic heterocycles. The minimum atomic E-state index is -0.108. The van der Waals surface area contributed by atoms with Crippen LogP contribution in [-0.2, 0) is 4.79 Å². The molecule has 1 amide bonds. The van der Waals surface area contributed by atoms with Gasteiger partial charge in [0.2, 0.25) is 5.91 Å². The second kappa shape index (κ2) is 10.1. The molecule has 2 aromatic carbocycles. The molecule has 0 unspecified atom stereocenters. The first-order chi connectivity index (χ1) is 13.7. The zero-order chi connectivity index (χ0) is 19.8. The Hall–Kier alpha value is -2.51. The van der Waals surface area contributed by atoms with Gasteiger partial charge in [0.25, 0.3) is 0 Å². The van der Waals surface area contributed by atoms with Gasteiger partial charge in [0, 0.05) is 17.3 Å². The lowest BCUT2D eigenvalue weighted by Crippen LogP contribution is -2.28. The molecule has 0 saturated heterocycles. The second-order valence-electron chi connectivity index (χ2n) is 5.94. The van der Waals surface area contributed by atoms with E-state index in [2.05, 4.69) is 15.3 Å². The first-order valence-corrected chi connectivity index (χ1v) is 10.6. The van der Waals surface area contributed by atoms with E-state index in [4.69, 9.17) is 4.74 Å². The number of carbonyl (C=O) groups excluding carboxylic acids is 1. The number of methoxy groups -OCH3 is 1. The zero-order valence-corrected chi connectivity index (χ0v) is 17.3. The van der Waals surface area contributed by atoms with Crippen LogP contribution in [0.25, 0.3) is 0 Å². The molecule has 5 nitrogen and oxygen atoms in total. The maximum absolute atomic E-state index is 12.4. The Bertz CT molecular complexity index is 922. The second-order valence-corrected chi connectivity index (χ2v) is 7.96. The van der Waals surface area contributed by atoms with Crippen LogP contribution in [0.1, 0.15) is 18.5 Å². The van der Waals surface area contributed by atoms with Gasteiger partial charge in [-0.1, -0.05) is 53.9 Å². The fourth-order valence-corrected chi connectivity index (χ4v) is 4.23. The summed E-state index contributed by atoms with van der Waals surface area (Å²) >= 11 is 2.93. The number of hydrogen-bond donors (Lipinski definition) is 1. The van der Waals surface area contributed by atoms with Crippen molar-refractivity contribution in [2.75, 3.05) is 12.9 Å². The van der Waals surface area contributed by atoms with Crippen molar-refractivity contribution in [1.29, 1.82) is 0 Å². The van der Waals surface area contributed by atoms with Gasteiger partial charge in [-0.3, -0.25) is 4.79 Å². The van der Waals surface area contributed by atoms with E-state index < -0.39 is 0 Å². The Morgan fingerprint density at radius 1 is 1.07 bits per heavy atom. The van der Waals surface area contributed by atoms with Gasteiger partial charge in [0.05, 0.1) is 18.9 Å². The van der Waals surface area contributed by atoms with E-state index >= 15 is 0 Å². The molecule has 1 heterocycles. The van der Waals surface area contributed by atoms with Crippen LogP contribution in [0, 0.1) is 0 Å². The van der Waals surface area contributed by atoms with Crippen LogP contribution < -0.4 is 10.1 Å². The molecule has 144 valence electrons. The number of hydrogen-bond acceptors (Lipinski definition) is 6. The summed E-state index contributed by atoms with van der Waals surface area (Å²) in [6.45, 7) is 1.95. The van der Waals surface area contributed by atoms with Crippen molar-refractivity contribution >= 4 is 29.4 Å². The number of carbonyl (C=O) groups is 1. The van der Waals surface area contributed by atoms with Crippen molar-refractivity contribution in [2.45, 2.75) is 27.9 Å². The molecule has 0 radical (unpaired) electrons. The van der Waals surface area contributed by atoms with Crippen molar-refractivity contribution in [3.05, 3.63) is 72.6 Å². The summed E-state index contributed by atoms with van der Waals surface area (Å²) in [7, 11) is 1.63. The highest BCUT2D eigenvalue weighted by atomic mass is 32.2. The van der Waals surface area contributed by atoms with Gasteiger partial charge in [0.15, 0.2) is 0 Å². The lowest BCUT2D eigenvalue weighted by molar-refractivity contribution is -0.119. The van der Waals surface area contributed by atoms with E-state index in [1.54, 1.807) is 31.3 Å². The first-order valence-electron chi connectivity index (χ1n) is 8.75. The van der Waals surface area contributed by atoms with Gasteiger partial charge in [0.1, 0.15) is 15.8 Å². The van der Waals surface area contributed by atoms with E-state index in [-0.39, 0.29) is 17.7 Å². The monoisotopic (exact) mass is 411 g/mol. The van der Waals surface area contributed by atoms with Crippen LogP contribution in [0.3, 0.4) is 0 Å². The molecule has 0 aliphatic heterocycles. The summed E-state index contributed by atoms with van der Waals surface area (Å²) in [5.41, 5.74) is 0.998. The molecule has 3 aromatic rings. The normalized spacial score (nSPS) is 11.6. The molecule has 7 heteroatoms. The summed E-state index contributed by atoms with van der Waals surface area (Å²) in [6, 6.07) is 17.6. The summed E-state index contributed by atoms with van der Waals surface area (Å²) in [6.07, 6.45) is 3.31. The van der Waals surface area contributed by atoms with Crippen LogP contribution in [0.4, 0.5) is 0 Å². The van der Waals surface area contributed by atoms with Crippen LogP contribution in [0.2, 0.25) is 0 Å². The minimum Gasteiger partial charge on any atom is -0.497 e. The molecular weight excluding hydrogens is 390 g/mol. The minimum absolute atomic E-state index is 0.0540. The van der Waals surface area contributed by atoms with Crippen LogP contribution in [-0.4, -0.2) is 28.7 Å². The predicted molar refractivity (Wildman–Crippen MR) is 113 cm³/mol. The standard InChI is InChI=1S/C21H21N3O2S2/c1-15(16-7-6-8-17(13-16)26-2)24-19(25)14-27-20-21(23-12-11-22-20)28-18-9-4-3-5-10-18/h3-13,15H,14H2,1-2H3,(H,24,25)/t15-/m1/s1. The third kappa shape index (κ3) is 5.74. The Morgan fingerprint density at radius 3 is 2.57 bits per heavy atom. The van der Waals surface area contributed by atoms with Gasteiger partial charge in [-0.25, -0.2) is 9.97 Å². The number of aromatic nitrogens is 2. The largest absolute Gasteiger partial charge is 0.497 e. The fraction of sp³-hybridized carbons (Fsp3) is 0.190. The number of nitrogens with zero attached hydrogens (tertiary/aromatic N) is 2. The Balaban J connectivity index is 1.58. The number of benzene rings is 2. The van der Waals surface area contributed by atoms with E-state index in [0.29, 0.717) is 0 Å². The summed E-state index contributed by atoms with van der Waals surface area (Å²) < 4.78 is 5.24. The Labute approximate surface area is 173 Å². The molecule has 1 N–H and O–H groups in total. The molecule has 0 bridgehead atoms. The zero-order valence-electron chi connectivity index (χ0n) is 15.7. The molecule has 0 saturated carbocycles. The molecule has 3 rings (SSSR count). The van der Waals surface area contributed by atoms with Crippen molar-refractivity contribution in [3.63, 3.8) is 0 Å². The van der Waals surface area contributed by atoms with E-state index in [0.717, 1.165) is 26.3 Å². The highest BCUT2D eigenvalue weighted by molar-refractivity contribution is 8.02. The van der Waals surface area contributed by atoms with Crippen LogP contribution in [0.15, 0.2) is 81.9 Å². The molecule has 0 aliphatic carbocycles. The number of ether oxygens (including phenoxy) is 1. The molecule has 1 atom stereocenters. The van der Waals surface area contributed by atoms with Gasteiger partial charge in [-0.05, 0) is 36.8 Å². The smallest absolute Gasteiger partial charge is 0.230 e. The summed E-state index contributed by atoms with van der Waals surface area (Å²) in [5.74, 6) is 0.992. The van der Waals surface area contributed by atoms with E-state index in [1.807, 2.05) is 61.5 Å². The first kappa shape index (κ1) is 20.2. The maximum Gasteiger partial charge on any atom is 0.230 e. The number of thioether (sulfide) groups is 1. The van der Waals surface area contributed by atoms with Gasteiger partial charge in [-0.2, -0.15) is 0 Å². The third-order valence-corrected chi connectivity index (χ3v) is 6.01. The Kier molecular flexibility index (Phi) is 7.33. The van der Waals surface area contributed by atoms with Crippen LogP contribution in [0.5, 0.6) is 5.75 Å². The van der Waals surface area contributed by atoms with Gasteiger partial charge >= 0.3 is 0 Å². The van der Waals surface area contributed by atoms with Gasteiger partial charge in [-0.15, -0.1) is 0 Å². The van der Waals surface area contributed by atoms with Crippen LogP contribution >= 0.6 is 23.5 Å². The van der Waals surface area contributed by atoms with Crippen molar-refractivity contribution in [3.8, 4) is 5.75 Å². The van der Waals surface area contributed by atoms with Crippen molar-refractivity contribution in [2.24, 2.45) is 0 Å². The SMILES string of the molecule is COc1cccc([C@@H](C)NC(=O)CSc2nccnc2Sc2ccccc2)c1. The molecule has 0 aliphatic rings. The van der Waals surface area contributed by atoms with Crippen molar-refractivity contribution in [1.82, 2.24) is 15.3 Å². The lowest BCUT2D eigenvalue weighted by Gasteiger charge is -2.15. The topological polar surface area (TPSA) is 64.1 Å². The number of amides is 1. The maximum atomic E-state index is 12.4. The lowest BCUT2D eigenvalue weighted by atomic mass is 10.1. The van der Waals surface area contributed by atoms with E-state index in [1.165, 1.54) is 11.8 Å². The number of nitrogens with one attached hydrogen (secondary N) is 1. The third-order valence-electron chi connectivity index (χ3n) is 3.90. The number of rotatable bonds is 8. The summed E-state index contributed by atoms with van der Waals surface area (Å²) in [5, 5.41) is 4.57. The quantitative estimate of drug-likeness (QED) is 0.546. The predicted octanol–water partition coefficient (Wildman–Crippen LogP) is 4.61. The molecule has 28 heavy (non-hydrogen) atoms. The Morgan fingerprint density at radius 2 is 1.82 bits per heavy atom.